The van der Waals surface area contributed by atoms with Crippen molar-refractivity contribution in [3.05, 3.63) is 64.5 Å². The van der Waals surface area contributed by atoms with E-state index in [9.17, 15) is 17.8 Å². The third kappa shape index (κ3) is 3.61. The normalized spacial score (nSPS) is 14.4. The van der Waals surface area contributed by atoms with E-state index in [1.54, 1.807) is 36.4 Å². The third-order valence-electron chi connectivity index (χ3n) is 5.15. The molecule has 2 aromatic carbocycles. The molecule has 0 unspecified atom stereocenters. The predicted octanol–water partition coefficient (Wildman–Crippen LogP) is -0.164. The van der Waals surface area contributed by atoms with Crippen LogP contribution in [0.25, 0.3) is 11.0 Å². The third-order valence-corrected chi connectivity index (χ3v) is 6.32. The summed E-state index contributed by atoms with van der Waals surface area (Å²) in [5.74, 6) is 0. The maximum Gasteiger partial charge on any atom is 1.00 e. The Morgan fingerprint density at radius 2 is 1.63 bits per heavy atom. The zero-order chi connectivity index (χ0) is 20.8. The van der Waals surface area contributed by atoms with Crippen molar-refractivity contribution < 1.29 is 46.9 Å². The number of fused-ring (bicyclic) bond motifs is 2. The first-order chi connectivity index (χ1) is 13.8. The summed E-state index contributed by atoms with van der Waals surface area (Å²) in [4.78, 5) is 12.5. The monoisotopic (exact) mass is 437 g/mol. The van der Waals surface area contributed by atoms with Crippen LogP contribution in [0.4, 0.5) is 17.1 Å². The van der Waals surface area contributed by atoms with Crippen LogP contribution in [0.15, 0.2) is 57.7 Å². The SMILES string of the molecule is CCN(CC)c1ccc2cc(C3(S(=O)(=O)[O-])Nc4ccccc4N3)c(=O)oc2c1.[Na+]. The molecule has 4 rings (SSSR count). The van der Waals surface area contributed by atoms with Crippen LogP contribution in [0.5, 0.6) is 0 Å². The molecule has 3 aromatic rings. The van der Waals surface area contributed by atoms with E-state index in [4.69, 9.17) is 4.42 Å². The molecule has 0 radical (unpaired) electrons. The van der Waals surface area contributed by atoms with Crippen molar-refractivity contribution in [2.45, 2.75) is 18.8 Å². The van der Waals surface area contributed by atoms with Crippen molar-refractivity contribution >= 4 is 38.1 Å². The largest absolute Gasteiger partial charge is 1.00 e. The van der Waals surface area contributed by atoms with E-state index in [1.807, 2.05) is 19.9 Å². The van der Waals surface area contributed by atoms with Gasteiger partial charge in [-0.05, 0) is 44.2 Å². The second-order valence-electron chi connectivity index (χ2n) is 6.77. The van der Waals surface area contributed by atoms with Crippen LogP contribution in [0, 0.1) is 0 Å². The first-order valence-corrected chi connectivity index (χ1v) is 10.6. The molecule has 0 aliphatic carbocycles. The molecule has 10 heteroatoms. The number of hydrogen-bond donors (Lipinski definition) is 2. The Morgan fingerprint density at radius 3 is 2.17 bits per heavy atom. The van der Waals surface area contributed by atoms with Gasteiger partial charge in [-0.3, -0.25) is 0 Å². The quantitative estimate of drug-likeness (QED) is 0.321. The van der Waals surface area contributed by atoms with Crippen molar-refractivity contribution in [3.8, 4) is 0 Å². The summed E-state index contributed by atoms with van der Waals surface area (Å²) in [6.45, 7) is 5.61. The minimum Gasteiger partial charge on any atom is -0.744 e. The first-order valence-electron chi connectivity index (χ1n) is 9.23. The van der Waals surface area contributed by atoms with Crippen LogP contribution >= 0.6 is 0 Å². The fraction of sp³-hybridized carbons (Fsp3) is 0.250. The van der Waals surface area contributed by atoms with Gasteiger partial charge in [-0.1, -0.05) is 12.1 Å². The summed E-state index contributed by atoms with van der Waals surface area (Å²) in [6, 6.07) is 13.3. The van der Waals surface area contributed by atoms with E-state index in [1.165, 1.54) is 6.07 Å². The molecule has 1 aliphatic heterocycles. The van der Waals surface area contributed by atoms with E-state index in [0.717, 1.165) is 18.8 Å². The molecular formula is C20H20N3NaO5S. The maximum absolute atomic E-state index is 12.8. The Bertz CT molecular complexity index is 1230. The Labute approximate surface area is 196 Å². The van der Waals surface area contributed by atoms with Gasteiger partial charge in [0.1, 0.15) is 15.7 Å². The topological polar surface area (TPSA) is 115 Å². The number of rotatable bonds is 5. The van der Waals surface area contributed by atoms with Gasteiger partial charge >= 0.3 is 35.2 Å². The summed E-state index contributed by atoms with van der Waals surface area (Å²) in [5.41, 5.74) is 0.797. The van der Waals surface area contributed by atoms with Crippen molar-refractivity contribution in [1.82, 2.24) is 0 Å². The van der Waals surface area contributed by atoms with Crippen LogP contribution < -0.4 is 50.7 Å². The Kier molecular flexibility index (Phi) is 6.22. The van der Waals surface area contributed by atoms with Crippen molar-refractivity contribution in [2.75, 3.05) is 28.6 Å². The molecule has 2 N–H and O–H groups in total. The van der Waals surface area contributed by atoms with Crippen LogP contribution in [0.2, 0.25) is 0 Å². The van der Waals surface area contributed by atoms with Gasteiger partial charge < -0.3 is 24.5 Å². The number of nitrogens with one attached hydrogen (secondary N) is 2. The molecule has 0 atom stereocenters. The molecule has 0 saturated carbocycles. The van der Waals surface area contributed by atoms with E-state index in [-0.39, 0.29) is 35.1 Å². The second kappa shape index (κ2) is 8.24. The van der Waals surface area contributed by atoms with E-state index >= 15 is 0 Å². The summed E-state index contributed by atoms with van der Waals surface area (Å²) in [7, 11) is -5.05. The fourth-order valence-corrected chi connectivity index (χ4v) is 4.52. The van der Waals surface area contributed by atoms with E-state index < -0.39 is 20.7 Å². The molecule has 0 saturated heterocycles. The number of anilines is 3. The number of para-hydroxylation sites is 2. The molecule has 2 heterocycles. The Morgan fingerprint density at radius 1 is 1.03 bits per heavy atom. The van der Waals surface area contributed by atoms with Crippen LogP contribution in [-0.4, -0.2) is 26.1 Å². The number of hydrogen-bond acceptors (Lipinski definition) is 8. The fourth-order valence-electron chi connectivity index (χ4n) is 3.64. The average Bonchev–Trinajstić information content (AvgIpc) is 3.09. The summed E-state index contributed by atoms with van der Waals surface area (Å²) >= 11 is 0. The number of nitrogens with zero attached hydrogens (tertiary/aromatic N) is 1. The zero-order valence-electron chi connectivity index (χ0n) is 16.9. The van der Waals surface area contributed by atoms with Crippen LogP contribution in [-0.2, 0) is 15.1 Å². The Balaban J connectivity index is 0.00000256. The summed E-state index contributed by atoms with van der Waals surface area (Å²) in [5, 5.41) is 5.87. The van der Waals surface area contributed by atoms with E-state index in [0.29, 0.717) is 22.3 Å². The van der Waals surface area contributed by atoms with Crippen molar-refractivity contribution in [2.24, 2.45) is 0 Å². The van der Waals surface area contributed by atoms with Gasteiger partial charge in [0.15, 0.2) is 0 Å². The molecule has 8 nitrogen and oxygen atoms in total. The van der Waals surface area contributed by atoms with Crippen molar-refractivity contribution in [1.29, 1.82) is 0 Å². The van der Waals surface area contributed by atoms with Crippen LogP contribution in [0.1, 0.15) is 19.4 Å². The van der Waals surface area contributed by atoms with Gasteiger partial charge in [-0.25, -0.2) is 13.2 Å². The minimum atomic E-state index is -5.05. The molecule has 0 amide bonds. The van der Waals surface area contributed by atoms with Gasteiger partial charge in [0.2, 0.25) is 4.99 Å². The maximum atomic E-state index is 12.8. The minimum absolute atomic E-state index is 0. The zero-order valence-corrected chi connectivity index (χ0v) is 19.7. The molecule has 0 bridgehead atoms. The average molecular weight is 437 g/mol. The number of benzene rings is 2. The van der Waals surface area contributed by atoms with Gasteiger partial charge in [0, 0.05) is 30.2 Å². The van der Waals surface area contributed by atoms with Gasteiger partial charge in [0.05, 0.1) is 16.9 Å². The summed E-state index contributed by atoms with van der Waals surface area (Å²) < 4.78 is 42.2. The molecule has 0 fully saturated rings. The Hall–Kier alpha value is -2.04. The molecule has 30 heavy (non-hydrogen) atoms. The smallest absolute Gasteiger partial charge is 0.744 e. The van der Waals surface area contributed by atoms with Gasteiger partial charge in [-0.2, -0.15) is 0 Å². The predicted molar refractivity (Wildman–Crippen MR) is 111 cm³/mol. The molecular weight excluding hydrogens is 417 g/mol. The van der Waals surface area contributed by atoms with E-state index in [2.05, 4.69) is 15.5 Å². The second-order valence-corrected chi connectivity index (χ2v) is 8.29. The van der Waals surface area contributed by atoms with Gasteiger partial charge in [-0.15, -0.1) is 0 Å². The molecule has 152 valence electrons. The summed E-state index contributed by atoms with van der Waals surface area (Å²) in [6.07, 6.45) is 0. The van der Waals surface area contributed by atoms with Crippen molar-refractivity contribution in [3.63, 3.8) is 0 Å². The molecule has 1 aliphatic rings. The molecule has 0 spiro atoms. The van der Waals surface area contributed by atoms with Crippen LogP contribution in [0.3, 0.4) is 0 Å². The van der Waals surface area contributed by atoms with Gasteiger partial charge in [0.25, 0.3) is 0 Å². The molecule has 1 aromatic heterocycles. The first kappa shape index (κ1) is 22.6. The standard InChI is InChI=1S/C20H21N3O5S.Na/c1-3-23(4-2)14-10-9-13-11-15(19(24)28-18(13)12-14)20(29(25,26)27)21-16-7-5-6-8-17(16)22-20;/h5-12,21-22H,3-4H2,1-2H3,(H,25,26,27);/q;+1/p-1.